The van der Waals surface area contributed by atoms with Gasteiger partial charge < -0.3 is 15.0 Å². The van der Waals surface area contributed by atoms with E-state index in [1.54, 1.807) is 30.7 Å². The molecule has 0 aromatic heterocycles. The van der Waals surface area contributed by atoms with Gasteiger partial charge in [-0.3, -0.25) is 9.59 Å². The van der Waals surface area contributed by atoms with Crippen LogP contribution in [-0.2, 0) is 21.8 Å². The van der Waals surface area contributed by atoms with Gasteiger partial charge in [0.15, 0.2) is 0 Å². The standard InChI is InChI=1S/C23H30N2O3S/c1-4-24-23(27)18(2)25(15-14-19-8-6-5-7-9-19)22(26)17-29-16-20-10-12-21(28-3)13-11-20/h5-13,18H,4,14-17H2,1-3H3,(H,24,27)/t18-/m0/s1. The van der Waals surface area contributed by atoms with Gasteiger partial charge in [-0.05, 0) is 43.5 Å². The lowest BCUT2D eigenvalue weighted by Crippen LogP contribution is -2.49. The third-order valence-corrected chi connectivity index (χ3v) is 5.64. The van der Waals surface area contributed by atoms with E-state index < -0.39 is 6.04 Å². The van der Waals surface area contributed by atoms with Crippen LogP contribution in [0, 0.1) is 0 Å². The van der Waals surface area contributed by atoms with Crippen LogP contribution >= 0.6 is 11.8 Å². The fourth-order valence-electron chi connectivity index (χ4n) is 2.95. The van der Waals surface area contributed by atoms with E-state index in [1.807, 2.05) is 61.5 Å². The van der Waals surface area contributed by atoms with E-state index in [0.29, 0.717) is 18.8 Å². The molecule has 2 amide bonds. The monoisotopic (exact) mass is 414 g/mol. The number of rotatable bonds is 11. The lowest BCUT2D eigenvalue weighted by Gasteiger charge is -2.28. The summed E-state index contributed by atoms with van der Waals surface area (Å²) in [6.07, 6.45) is 0.722. The van der Waals surface area contributed by atoms with Crippen LogP contribution in [0.15, 0.2) is 54.6 Å². The first kappa shape index (κ1) is 22.8. The number of carbonyl (C=O) groups excluding carboxylic acids is 2. The molecule has 2 aromatic rings. The Morgan fingerprint density at radius 2 is 1.76 bits per heavy atom. The van der Waals surface area contributed by atoms with Gasteiger partial charge in [0.2, 0.25) is 11.8 Å². The Kier molecular flexibility index (Phi) is 9.57. The summed E-state index contributed by atoms with van der Waals surface area (Å²) in [6.45, 7) is 4.74. The van der Waals surface area contributed by atoms with E-state index >= 15 is 0 Å². The van der Waals surface area contributed by atoms with E-state index in [-0.39, 0.29) is 11.8 Å². The van der Waals surface area contributed by atoms with Crippen molar-refractivity contribution in [3.05, 3.63) is 65.7 Å². The fourth-order valence-corrected chi connectivity index (χ4v) is 3.82. The lowest BCUT2D eigenvalue weighted by atomic mass is 10.1. The van der Waals surface area contributed by atoms with Crippen LogP contribution in [-0.4, -0.2) is 48.7 Å². The fraction of sp³-hybridized carbons (Fsp3) is 0.391. The van der Waals surface area contributed by atoms with Crippen molar-refractivity contribution in [2.75, 3.05) is 26.0 Å². The number of hydrogen-bond donors (Lipinski definition) is 1. The van der Waals surface area contributed by atoms with Crippen LogP contribution in [0.1, 0.15) is 25.0 Å². The Morgan fingerprint density at radius 1 is 1.07 bits per heavy atom. The van der Waals surface area contributed by atoms with Gasteiger partial charge in [0.05, 0.1) is 12.9 Å². The van der Waals surface area contributed by atoms with Crippen LogP contribution in [0.4, 0.5) is 0 Å². The van der Waals surface area contributed by atoms with E-state index in [1.165, 1.54) is 0 Å². The summed E-state index contributed by atoms with van der Waals surface area (Å²) >= 11 is 1.56. The summed E-state index contributed by atoms with van der Waals surface area (Å²) in [5.41, 5.74) is 2.29. The third-order valence-electron chi connectivity index (χ3n) is 4.66. The number of likely N-dealkylation sites (N-methyl/N-ethyl adjacent to an activating group) is 1. The highest BCUT2D eigenvalue weighted by atomic mass is 32.2. The summed E-state index contributed by atoms with van der Waals surface area (Å²) < 4.78 is 5.17. The highest BCUT2D eigenvalue weighted by molar-refractivity contribution is 7.99. The summed E-state index contributed by atoms with van der Waals surface area (Å²) in [6, 6.07) is 17.4. The quantitative estimate of drug-likeness (QED) is 0.611. The highest BCUT2D eigenvalue weighted by Gasteiger charge is 2.25. The second-order valence-corrected chi connectivity index (χ2v) is 7.72. The van der Waals surface area contributed by atoms with Crippen LogP contribution < -0.4 is 10.1 Å². The van der Waals surface area contributed by atoms with Gasteiger partial charge in [-0.2, -0.15) is 0 Å². The number of carbonyl (C=O) groups is 2. The number of methoxy groups -OCH3 is 1. The molecule has 1 atom stereocenters. The first-order valence-electron chi connectivity index (χ1n) is 9.87. The Bertz CT molecular complexity index is 765. The van der Waals surface area contributed by atoms with E-state index in [2.05, 4.69) is 5.32 Å². The molecule has 0 spiro atoms. The number of benzene rings is 2. The van der Waals surface area contributed by atoms with Gasteiger partial charge in [0.1, 0.15) is 11.8 Å². The molecule has 29 heavy (non-hydrogen) atoms. The number of nitrogens with zero attached hydrogens (tertiary/aromatic N) is 1. The lowest BCUT2D eigenvalue weighted by molar-refractivity contribution is -0.137. The van der Waals surface area contributed by atoms with E-state index in [4.69, 9.17) is 4.74 Å². The minimum atomic E-state index is -0.493. The molecule has 2 aromatic carbocycles. The molecule has 5 nitrogen and oxygen atoms in total. The van der Waals surface area contributed by atoms with Crippen molar-refractivity contribution < 1.29 is 14.3 Å². The molecule has 2 rings (SSSR count). The molecule has 0 saturated heterocycles. The van der Waals surface area contributed by atoms with Gasteiger partial charge >= 0.3 is 0 Å². The minimum Gasteiger partial charge on any atom is -0.497 e. The number of hydrogen-bond acceptors (Lipinski definition) is 4. The number of ether oxygens (including phenoxy) is 1. The summed E-state index contributed by atoms with van der Waals surface area (Å²) in [7, 11) is 1.64. The Morgan fingerprint density at radius 3 is 2.38 bits per heavy atom. The molecule has 0 saturated carbocycles. The third kappa shape index (κ3) is 7.46. The number of nitrogens with one attached hydrogen (secondary N) is 1. The van der Waals surface area contributed by atoms with Crippen LogP contribution in [0.25, 0.3) is 0 Å². The van der Waals surface area contributed by atoms with Crippen molar-refractivity contribution in [3.63, 3.8) is 0 Å². The Balaban J connectivity index is 1.95. The van der Waals surface area contributed by atoms with Gasteiger partial charge in [-0.15, -0.1) is 11.8 Å². The molecule has 0 bridgehead atoms. The van der Waals surface area contributed by atoms with Crippen LogP contribution in [0.2, 0.25) is 0 Å². The molecule has 6 heteroatoms. The van der Waals surface area contributed by atoms with E-state index in [9.17, 15) is 9.59 Å². The molecule has 0 heterocycles. The summed E-state index contributed by atoms with van der Waals surface area (Å²) in [5, 5.41) is 2.82. The molecule has 0 aliphatic heterocycles. The maximum atomic E-state index is 12.9. The average Bonchev–Trinajstić information content (AvgIpc) is 2.75. The van der Waals surface area contributed by atoms with Crippen molar-refractivity contribution in [1.82, 2.24) is 10.2 Å². The Hall–Kier alpha value is -2.47. The summed E-state index contributed by atoms with van der Waals surface area (Å²) in [5.74, 6) is 1.76. The maximum Gasteiger partial charge on any atom is 0.242 e. The molecule has 0 aliphatic rings. The highest BCUT2D eigenvalue weighted by Crippen LogP contribution is 2.17. The van der Waals surface area contributed by atoms with Gasteiger partial charge in [0.25, 0.3) is 0 Å². The maximum absolute atomic E-state index is 12.9. The van der Waals surface area contributed by atoms with Gasteiger partial charge in [-0.25, -0.2) is 0 Å². The van der Waals surface area contributed by atoms with E-state index in [0.717, 1.165) is 29.1 Å². The van der Waals surface area contributed by atoms with Crippen LogP contribution in [0.3, 0.4) is 0 Å². The largest absolute Gasteiger partial charge is 0.497 e. The van der Waals surface area contributed by atoms with Crippen LogP contribution in [0.5, 0.6) is 5.75 Å². The zero-order valence-corrected chi connectivity index (χ0v) is 18.2. The predicted molar refractivity (Wildman–Crippen MR) is 119 cm³/mol. The molecule has 0 radical (unpaired) electrons. The summed E-state index contributed by atoms with van der Waals surface area (Å²) in [4.78, 5) is 26.9. The predicted octanol–water partition coefficient (Wildman–Crippen LogP) is 3.52. The molecule has 0 aliphatic carbocycles. The molecule has 1 N–H and O–H groups in total. The normalized spacial score (nSPS) is 11.6. The van der Waals surface area contributed by atoms with Gasteiger partial charge in [0, 0.05) is 18.8 Å². The average molecular weight is 415 g/mol. The number of amides is 2. The molecular formula is C23H30N2O3S. The smallest absolute Gasteiger partial charge is 0.242 e. The minimum absolute atomic E-state index is 0.0156. The molecule has 156 valence electrons. The van der Waals surface area contributed by atoms with Crippen molar-refractivity contribution in [2.45, 2.75) is 32.1 Å². The van der Waals surface area contributed by atoms with Gasteiger partial charge in [-0.1, -0.05) is 42.5 Å². The van der Waals surface area contributed by atoms with Crippen molar-refractivity contribution >= 4 is 23.6 Å². The number of thioether (sulfide) groups is 1. The molecule has 0 fully saturated rings. The zero-order chi connectivity index (χ0) is 21.1. The SMILES string of the molecule is CCNC(=O)[C@H](C)N(CCc1ccccc1)C(=O)CSCc1ccc(OC)cc1. The van der Waals surface area contributed by atoms with Crippen molar-refractivity contribution in [2.24, 2.45) is 0 Å². The second kappa shape index (κ2) is 12.2. The Labute approximate surface area is 177 Å². The van der Waals surface area contributed by atoms with Crippen molar-refractivity contribution in [3.8, 4) is 5.75 Å². The first-order valence-corrected chi connectivity index (χ1v) is 11.0. The van der Waals surface area contributed by atoms with Crippen molar-refractivity contribution in [1.29, 1.82) is 0 Å². The molecule has 0 unspecified atom stereocenters. The first-order chi connectivity index (χ1) is 14.0. The second-order valence-electron chi connectivity index (χ2n) is 6.73. The topological polar surface area (TPSA) is 58.6 Å². The molecular weight excluding hydrogens is 384 g/mol. The zero-order valence-electron chi connectivity index (χ0n) is 17.4.